The third-order valence-corrected chi connectivity index (χ3v) is 6.46. The molecule has 3 aliphatic rings. The second-order valence-corrected chi connectivity index (χ2v) is 8.33. The summed E-state index contributed by atoms with van der Waals surface area (Å²) in [6.45, 7) is 5.15. The fourth-order valence-corrected chi connectivity index (χ4v) is 4.83. The lowest BCUT2D eigenvalue weighted by atomic mass is 9.83. The predicted octanol–water partition coefficient (Wildman–Crippen LogP) is 3.49. The fraction of sp³-hybridized carbons (Fsp3) is 0.545. The van der Waals surface area contributed by atoms with E-state index in [1.807, 2.05) is 0 Å². The Kier molecular flexibility index (Phi) is 5.02. The van der Waals surface area contributed by atoms with Crippen LogP contribution >= 0.6 is 0 Å². The Bertz CT molecular complexity index is 750. The maximum atomic E-state index is 13.0. The quantitative estimate of drug-likeness (QED) is 0.748. The normalized spacial score (nSPS) is 25.9. The van der Waals surface area contributed by atoms with Crippen LogP contribution in [-0.2, 0) is 4.79 Å². The summed E-state index contributed by atoms with van der Waals surface area (Å²) in [6.07, 6.45) is 5.99. The number of nitrogens with zero attached hydrogens (tertiary/aromatic N) is 2. The van der Waals surface area contributed by atoms with E-state index in [9.17, 15) is 14.0 Å². The molecular formula is C22H27FN2O2. The molecule has 0 unspecified atom stereocenters. The molecule has 2 saturated heterocycles. The van der Waals surface area contributed by atoms with Gasteiger partial charge in [0.1, 0.15) is 5.82 Å². The lowest BCUT2D eigenvalue weighted by Crippen LogP contribution is -2.44. The Labute approximate surface area is 160 Å². The van der Waals surface area contributed by atoms with Crippen molar-refractivity contribution in [1.82, 2.24) is 9.80 Å². The van der Waals surface area contributed by atoms with Crippen LogP contribution in [0, 0.1) is 23.6 Å². The van der Waals surface area contributed by atoms with Gasteiger partial charge in [-0.15, -0.1) is 0 Å². The number of benzene rings is 1. The lowest BCUT2D eigenvalue weighted by molar-refractivity contribution is -0.136. The van der Waals surface area contributed by atoms with E-state index in [0.29, 0.717) is 30.5 Å². The highest BCUT2D eigenvalue weighted by Gasteiger charge is 2.39. The van der Waals surface area contributed by atoms with Gasteiger partial charge in [-0.05, 0) is 68.7 Å². The van der Waals surface area contributed by atoms with Gasteiger partial charge in [0.25, 0.3) is 5.91 Å². The van der Waals surface area contributed by atoms with Crippen LogP contribution in [0.4, 0.5) is 4.39 Å². The molecule has 0 spiro atoms. The number of halogens is 1. The lowest BCUT2D eigenvalue weighted by Gasteiger charge is -2.33. The SMILES string of the molecule is CC1=CC[C@@H]2CN(C(=O)C3CCN(C(=O)c4ccc(F)cc4)CC3)C[C@@H]2C1. The number of carbonyl (C=O) groups is 2. The molecule has 5 heteroatoms. The van der Waals surface area contributed by atoms with Crippen molar-refractivity contribution in [3.8, 4) is 0 Å². The molecule has 2 aliphatic heterocycles. The molecule has 2 fully saturated rings. The van der Waals surface area contributed by atoms with Crippen LogP contribution in [0.1, 0.15) is 43.0 Å². The molecule has 144 valence electrons. The summed E-state index contributed by atoms with van der Waals surface area (Å²) in [4.78, 5) is 29.4. The number of likely N-dealkylation sites (tertiary alicyclic amines) is 2. The molecule has 1 aromatic carbocycles. The molecule has 0 bridgehead atoms. The van der Waals surface area contributed by atoms with E-state index in [0.717, 1.165) is 38.8 Å². The van der Waals surface area contributed by atoms with Gasteiger partial charge in [-0.25, -0.2) is 4.39 Å². The first kappa shape index (κ1) is 18.2. The average Bonchev–Trinajstić information content (AvgIpc) is 3.11. The van der Waals surface area contributed by atoms with E-state index in [2.05, 4.69) is 17.9 Å². The van der Waals surface area contributed by atoms with E-state index in [4.69, 9.17) is 0 Å². The van der Waals surface area contributed by atoms with Gasteiger partial charge in [-0.2, -0.15) is 0 Å². The third-order valence-electron chi connectivity index (χ3n) is 6.46. The molecule has 1 aromatic rings. The summed E-state index contributed by atoms with van der Waals surface area (Å²) >= 11 is 0. The van der Waals surface area contributed by atoms with Crippen molar-refractivity contribution in [3.05, 3.63) is 47.3 Å². The highest BCUT2D eigenvalue weighted by atomic mass is 19.1. The van der Waals surface area contributed by atoms with Crippen molar-refractivity contribution in [2.75, 3.05) is 26.2 Å². The Hall–Kier alpha value is -2.17. The second-order valence-electron chi connectivity index (χ2n) is 8.33. The average molecular weight is 370 g/mol. The number of hydrogen-bond donors (Lipinski definition) is 0. The number of carbonyl (C=O) groups excluding carboxylic acids is 2. The van der Waals surface area contributed by atoms with E-state index < -0.39 is 0 Å². The number of hydrogen-bond acceptors (Lipinski definition) is 2. The number of rotatable bonds is 2. The Balaban J connectivity index is 1.31. The van der Waals surface area contributed by atoms with Crippen LogP contribution in [0.3, 0.4) is 0 Å². The largest absolute Gasteiger partial charge is 0.342 e. The monoisotopic (exact) mass is 370 g/mol. The first-order chi connectivity index (χ1) is 13.0. The predicted molar refractivity (Wildman–Crippen MR) is 102 cm³/mol. The number of fused-ring (bicyclic) bond motifs is 1. The minimum atomic E-state index is -0.340. The highest BCUT2D eigenvalue weighted by molar-refractivity contribution is 5.94. The van der Waals surface area contributed by atoms with Crippen LogP contribution in [0.15, 0.2) is 35.9 Å². The van der Waals surface area contributed by atoms with E-state index in [1.54, 1.807) is 4.90 Å². The Morgan fingerprint density at radius 3 is 2.37 bits per heavy atom. The molecule has 2 heterocycles. The molecule has 0 N–H and O–H groups in total. The van der Waals surface area contributed by atoms with Crippen LogP contribution in [0.2, 0.25) is 0 Å². The summed E-state index contributed by atoms with van der Waals surface area (Å²) in [6, 6.07) is 5.67. The van der Waals surface area contributed by atoms with Crippen molar-refractivity contribution in [2.45, 2.75) is 32.6 Å². The van der Waals surface area contributed by atoms with Crippen molar-refractivity contribution < 1.29 is 14.0 Å². The Morgan fingerprint density at radius 1 is 1.00 bits per heavy atom. The summed E-state index contributed by atoms with van der Waals surface area (Å²) in [7, 11) is 0. The summed E-state index contributed by atoms with van der Waals surface area (Å²) < 4.78 is 13.0. The van der Waals surface area contributed by atoms with E-state index >= 15 is 0 Å². The molecular weight excluding hydrogens is 343 g/mol. The van der Waals surface area contributed by atoms with Gasteiger partial charge in [-0.3, -0.25) is 9.59 Å². The number of amides is 2. The topological polar surface area (TPSA) is 40.6 Å². The van der Waals surface area contributed by atoms with E-state index in [-0.39, 0.29) is 23.5 Å². The summed E-state index contributed by atoms with van der Waals surface area (Å²) in [5, 5.41) is 0. The molecule has 0 aromatic heterocycles. The zero-order valence-electron chi connectivity index (χ0n) is 15.9. The van der Waals surface area contributed by atoms with Gasteiger partial charge in [-0.1, -0.05) is 11.6 Å². The first-order valence-corrected chi connectivity index (χ1v) is 10.0. The number of allylic oxidation sites excluding steroid dienone is 2. The van der Waals surface area contributed by atoms with Gasteiger partial charge in [0.15, 0.2) is 0 Å². The molecule has 4 nitrogen and oxygen atoms in total. The molecule has 2 amide bonds. The van der Waals surface area contributed by atoms with Crippen LogP contribution in [0.5, 0.6) is 0 Å². The molecule has 2 atom stereocenters. The summed E-state index contributed by atoms with van der Waals surface area (Å²) in [5.74, 6) is 1.13. The first-order valence-electron chi connectivity index (χ1n) is 10.0. The second kappa shape index (κ2) is 7.45. The zero-order chi connectivity index (χ0) is 19.0. The molecule has 0 radical (unpaired) electrons. The molecule has 4 rings (SSSR count). The summed E-state index contributed by atoms with van der Waals surface area (Å²) in [5.41, 5.74) is 1.96. The molecule has 1 aliphatic carbocycles. The van der Waals surface area contributed by atoms with Gasteiger partial charge in [0.2, 0.25) is 5.91 Å². The van der Waals surface area contributed by atoms with E-state index in [1.165, 1.54) is 29.8 Å². The smallest absolute Gasteiger partial charge is 0.253 e. The minimum absolute atomic E-state index is 0.0245. The van der Waals surface area contributed by atoms with Crippen LogP contribution in [0.25, 0.3) is 0 Å². The van der Waals surface area contributed by atoms with Crippen molar-refractivity contribution in [3.63, 3.8) is 0 Å². The molecule has 27 heavy (non-hydrogen) atoms. The maximum Gasteiger partial charge on any atom is 0.253 e. The Morgan fingerprint density at radius 2 is 1.67 bits per heavy atom. The van der Waals surface area contributed by atoms with Crippen LogP contribution < -0.4 is 0 Å². The van der Waals surface area contributed by atoms with Gasteiger partial charge >= 0.3 is 0 Å². The van der Waals surface area contributed by atoms with Gasteiger partial charge in [0, 0.05) is 37.7 Å². The molecule has 0 saturated carbocycles. The van der Waals surface area contributed by atoms with Gasteiger partial charge < -0.3 is 9.80 Å². The van der Waals surface area contributed by atoms with Crippen molar-refractivity contribution in [2.24, 2.45) is 17.8 Å². The zero-order valence-corrected chi connectivity index (χ0v) is 15.9. The fourth-order valence-electron chi connectivity index (χ4n) is 4.83. The maximum absolute atomic E-state index is 13.0. The minimum Gasteiger partial charge on any atom is -0.342 e. The van der Waals surface area contributed by atoms with Crippen molar-refractivity contribution >= 4 is 11.8 Å². The van der Waals surface area contributed by atoms with Crippen molar-refractivity contribution in [1.29, 1.82) is 0 Å². The third kappa shape index (κ3) is 3.78. The van der Waals surface area contributed by atoms with Gasteiger partial charge in [0.05, 0.1) is 0 Å². The van der Waals surface area contributed by atoms with Crippen LogP contribution in [-0.4, -0.2) is 47.8 Å². The standard InChI is InChI=1S/C22H27FN2O2/c1-15-2-3-18-13-25(14-19(18)12-15)22(27)17-8-10-24(11-9-17)21(26)16-4-6-20(23)7-5-16/h2,4-7,17-19H,3,8-14H2,1H3/t18-,19+/m1/s1. The highest BCUT2D eigenvalue weighted by Crippen LogP contribution is 2.36. The number of piperidine rings is 1.